The molecule has 1 saturated carbocycles. The van der Waals surface area contributed by atoms with Crippen LogP contribution in [0.1, 0.15) is 19.3 Å². The van der Waals surface area contributed by atoms with Gasteiger partial charge in [-0.15, -0.1) is 18.2 Å². The Balaban J connectivity index is 2.50. The molecule has 0 aliphatic heterocycles. The predicted molar refractivity (Wildman–Crippen MR) is 79.8 cm³/mol. The molecule has 21 heavy (non-hydrogen) atoms. The number of ether oxygens (including phenoxy) is 2. The molecular weight excluding hydrogens is 292 g/mol. The van der Waals surface area contributed by atoms with Crippen LogP contribution in [0.2, 0.25) is 0 Å². The molecule has 0 aromatic heterocycles. The van der Waals surface area contributed by atoms with Gasteiger partial charge in [-0.25, -0.2) is 0 Å². The summed E-state index contributed by atoms with van der Waals surface area (Å²) in [5.41, 5.74) is -1.25. The minimum absolute atomic E-state index is 0.0337. The highest BCUT2D eigenvalue weighted by Gasteiger charge is 2.62. The Bertz CT molecular complexity index is 455. The summed E-state index contributed by atoms with van der Waals surface area (Å²) in [6.07, 6.45) is 7.56. The number of fused-ring (bicyclic) bond motifs is 1. The highest BCUT2D eigenvalue weighted by Crippen LogP contribution is 2.55. The molecule has 0 amide bonds. The molecule has 4 nitrogen and oxygen atoms in total. The van der Waals surface area contributed by atoms with Crippen molar-refractivity contribution < 1.29 is 19.1 Å². The molecule has 5 heteroatoms. The van der Waals surface area contributed by atoms with E-state index in [0.717, 1.165) is 6.42 Å². The van der Waals surface area contributed by atoms with Gasteiger partial charge in [-0.3, -0.25) is 9.59 Å². The largest absolute Gasteiger partial charge is 0.468 e. The molecule has 0 aromatic rings. The monoisotopic (exact) mass is 312 g/mol. The zero-order valence-corrected chi connectivity index (χ0v) is 13.1. The Hall–Kier alpha value is -1.29. The van der Waals surface area contributed by atoms with Gasteiger partial charge in [0.2, 0.25) is 0 Å². The fourth-order valence-corrected chi connectivity index (χ4v) is 4.05. The summed E-state index contributed by atoms with van der Waals surface area (Å²) >= 11 is 6.20. The lowest BCUT2D eigenvalue weighted by Gasteiger charge is -2.31. The van der Waals surface area contributed by atoms with Gasteiger partial charge < -0.3 is 9.47 Å². The molecule has 0 bridgehead atoms. The normalized spacial score (nSPS) is 33.7. The summed E-state index contributed by atoms with van der Waals surface area (Å²) in [5.74, 6) is -1.11. The van der Waals surface area contributed by atoms with E-state index in [2.05, 4.69) is 6.58 Å². The van der Waals surface area contributed by atoms with Crippen LogP contribution in [0.3, 0.4) is 0 Å². The van der Waals surface area contributed by atoms with Gasteiger partial charge in [0, 0.05) is 0 Å². The maximum absolute atomic E-state index is 12.4. The topological polar surface area (TPSA) is 52.6 Å². The standard InChI is InChI=1S/C16H21ClO4/c1-4-10-9-16(14(18)20-2,15(19)21-3)13-8-6-11(17)5-7-12(10)13/h4-5,7,10-13H,1,6,8-9H2,2-3H3/t10-,11-,12+,13+/m1/s1. The van der Waals surface area contributed by atoms with Crippen LogP contribution in [0.4, 0.5) is 0 Å². The number of alkyl halides is 1. The molecule has 0 saturated heterocycles. The maximum atomic E-state index is 12.4. The summed E-state index contributed by atoms with van der Waals surface area (Å²) < 4.78 is 9.88. The smallest absolute Gasteiger partial charge is 0.323 e. The second kappa shape index (κ2) is 6.22. The Morgan fingerprint density at radius 1 is 1.24 bits per heavy atom. The molecule has 0 heterocycles. The number of hydrogen-bond donors (Lipinski definition) is 0. The van der Waals surface area contributed by atoms with E-state index in [-0.39, 0.29) is 23.1 Å². The van der Waals surface area contributed by atoms with Crippen LogP contribution in [0.5, 0.6) is 0 Å². The summed E-state index contributed by atoms with van der Waals surface area (Å²) in [4.78, 5) is 24.9. The minimum atomic E-state index is -1.25. The van der Waals surface area contributed by atoms with Crippen molar-refractivity contribution >= 4 is 23.5 Å². The van der Waals surface area contributed by atoms with Crippen molar-refractivity contribution in [3.63, 3.8) is 0 Å². The van der Waals surface area contributed by atoms with Crippen molar-refractivity contribution in [1.82, 2.24) is 0 Å². The van der Waals surface area contributed by atoms with Gasteiger partial charge in [0.05, 0.1) is 19.6 Å². The van der Waals surface area contributed by atoms with E-state index in [1.807, 2.05) is 18.2 Å². The predicted octanol–water partition coefficient (Wildman–Crippen LogP) is 2.71. The van der Waals surface area contributed by atoms with Gasteiger partial charge in [0.1, 0.15) is 0 Å². The van der Waals surface area contributed by atoms with E-state index >= 15 is 0 Å². The molecule has 2 aliphatic carbocycles. The van der Waals surface area contributed by atoms with Crippen LogP contribution >= 0.6 is 11.6 Å². The van der Waals surface area contributed by atoms with Crippen LogP contribution in [0, 0.1) is 23.2 Å². The first kappa shape index (κ1) is 16.1. The van der Waals surface area contributed by atoms with Crippen molar-refractivity contribution in [3.05, 3.63) is 24.8 Å². The van der Waals surface area contributed by atoms with Crippen LogP contribution in [0.25, 0.3) is 0 Å². The van der Waals surface area contributed by atoms with Gasteiger partial charge >= 0.3 is 11.9 Å². The lowest BCUT2D eigenvalue weighted by Crippen LogP contribution is -2.45. The van der Waals surface area contributed by atoms with E-state index in [1.54, 1.807) is 0 Å². The molecule has 1 fully saturated rings. The molecule has 4 atom stereocenters. The molecule has 116 valence electrons. The third-order valence-electron chi connectivity index (χ3n) is 4.85. The molecule has 0 N–H and O–H groups in total. The zero-order chi connectivity index (χ0) is 15.6. The number of carbonyl (C=O) groups is 2. The van der Waals surface area contributed by atoms with Gasteiger partial charge in [0.15, 0.2) is 5.41 Å². The summed E-state index contributed by atoms with van der Waals surface area (Å²) in [6, 6.07) is 0. The third-order valence-corrected chi connectivity index (χ3v) is 5.21. The first-order valence-electron chi connectivity index (χ1n) is 7.13. The van der Waals surface area contributed by atoms with E-state index in [9.17, 15) is 9.59 Å². The Morgan fingerprint density at radius 3 is 2.38 bits per heavy atom. The maximum Gasteiger partial charge on any atom is 0.323 e. The van der Waals surface area contributed by atoms with E-state index in [1.165, 1.54) is 14.2 Å². The van der Waals surface area contributed by atoms with Crippen LogP contribution in [-0.2, 0) is 19.1 Å². The molecule has 2 aliphatic rings. The molecule has 0 unspecified atom stereocenters. The second-order valence-corrected chi connectivity index (χ2v) is 6.28. The van der Waals surface area contributed by atoms with Gasteiger partial charge in [0.25, 0.3) is 0 Å². The number of halogens is 1. The number of esters is 2. The van der Waals surface area contributed by atoms with E-state index < -0.39 is 17.4 Å². The Labute approximate surface area is 130 Å². The van der Waals surface area contributed by atoms with Gasteiger partial charge in [-0.2, -0.15) is 0 Å². The average Bonchev–Trinajstić information content (AvgIpc) is 2.70. The number of carbonyl (C=O) groups excluding carboxylic acids is 2. The minimum Gasteiger partial charge on any atom is -0.468 e. The second-order valence-electron chi connectivity index (χ2n) is 5.72. The SMILES string of the molecule is C=C[C@@H]1CC(C(=O)OC)(C(=O)OC)[C@H]2CC[C@H](Cl)C=C[C@@H]12. The number of methoxy groups -OCH3 is 2. The van der Waals surface area contributed by atoms with Crippen molar-refractivity contribution in [1.29, 1.82) is 0 Å². The first-order valence-corrected chi connectivity index (χ1v) is 7.56. The highest BCUT2D eigenvalue weighted by molar-refractivity contribution is 6.21. The van der Waals surface area contributed by atoms with Crippen LogP contribution < -0.4 is 0 Å². The molecule has 0 spiro atoms. The fourth-order valence-electron chi connectivity index (χ4n) is 3.84. The molecule has 0 radical (unpaired) electrons. The van der Waals surface area contributed by atoms with E-state index in [4.69, 9.17) is 21.1 Å². The average molecular weight is 313 g/mol. The van der Waals surface area contributed by atoms with Gasteiger partial charge in [-0.05, 0) is 37.0 Å². The van der Waals surface area contributed by atoms with Crippen molar-refractivity contribution in [2.24, 2.45) is 23.2 Å². The summed E-state index contributed by atoms with van der Waals surface area (Å²) in [6.45, 7) is 3.85. The highest BCUT2D eigenvalue weighted by atomic mass is 35.5. The lowest BCUT2D eigenvalue weighted by atomic mass is 9.73. The van der Waals surface area contributed by atoms with Crippen molar-refractivity contribution in [3.8, 4) is 0 Å². The lowest BCUT2D eigenvalue weighted by molar-refractivity contribution is -0.173. The van der Waals surface area contributed by atoms with E-state index in [0.29, 0.717) is 12.8 Å². The molecular formula is C16H21ClO4. The van der Waals surface area contributed by atoms with Crippen molar-refractivity contribution in [2.45, 2.75) is 24.6 Å². The first-order chi connectivity index (χ1) is 10.0. The number of hydrogen-bond acceptors (Lipinski definition) is 4. The van der Waals surface area contributed by atoms with Crippen molar-refractivity contribution in [2.75, 3.05) is 14.2 Å². The summed E-state index contributed by atoms with van der Waals surface area (Å²) in [7, 11) is 2.61. The van der Waals surface area contributed by atoms with Gasteiger partial charge in [-0.1, -0.05) is 18.2 Å². The molecule has 0 aromatic carbocycles. The Kier molecular flexibility index (Phi) is 4.77. The quantitative estimate of drug-likeness (QED) is 0.348. The van der Waals surface area contributed by atoms with Crippen LogP contribution in [0.15, 0.2) is 24.8 Å². The number of rotatable bonds is 3. The zero-order valence-electron chi connectivity index (χ0n) is 12.4. The third kappa shape index (κ3) is 2.50. The molecule has 2 rings (SSSR count). The summed E-state index contributed by atoms with van der Waals surface area (Å²) in [5, 5.41) is -0.0749. The Morgan fingerprint density at radius 2 is 1.86 bits per heavy atom. The van der Waals surface area contributed by atoms with Crippen LogP contribution in [-0.4, -0.2) is 31.5 Å². The number of allylic oxidation sites excluding steroid dienone is 3. The fraction of sp³-hybridized carbons (Fsp3) is 0.625.